The van der Waals surface area contributed by atoms with Gasteiger partial charge in [0.1, 0.15) is 0 Å². The molecule has 0 bridgehead atoms. The largest absolute Gasteiger partial charge is 0.333 e. The maximum atomic E-state index is 11.2. The van der Waals surface area contributed by atoms with Crippen molar-refractivity contribution in [3.05, 3.63) is 65.7 Å². The lowest BCUT2D eigenvalue weighted by Gasteiger charge is -2.10. The average Bonchev–Trinajstić information content (AvgIpc) is 2.42. The van der Waals surface area contributed by atoms with Crippen LogP contribution >= 0.6 is 0 Å². The summed E-state index contributed by atoms with van der Waals surface area (Å²) in [4.78, 5) is 11.2. The van der Waals surface area contributed by atoms with Crippen LogP contribution in [0.2, 0.25) is 0 Å². The first-order valence-corrected chi connectivity index (χ1v) is 5.69. The molecule has 2 aromatic rings. The number of hydrogen-bond donors (Lipinski definition) is 3. The molecule has 2 amide bonds. The molecule has 0 aliphatic heterocycles. The zero-order valence-electron chi connectivity index (χ0n) is 9.89. The van der Waals surface area contributed by atoms with E-state index in [1.165, 1.54) is 5.56 Å². The zero-order chi connectivity index (χ0) is 12.8. The number of nitrogens with one attached hydrogen (secondary N) is 2. The van der Waals surface area contributed by atoms with Crippen molar-refractivity contribution in [2.45, 2.75) is 6.42 Å². The normalized spacial score (nSPS) is 9.83. The van der Waals surface area contributed by atoms with Gasteiger partial charge in [-0.1, -0.05) is 48.5 Å². The van der Waals surface area contributed by atoms with Gasteiger partial charge < -0.3 is 5.32 Å². The number of benzene rings is 2. The Balaban J connectivity index is 2.20. The highest BCUT2D eigenvalue weighted by atomic mass is 16.2. The Kier molecular flexibility index (Phi) is 3.94. The van der Waals surface area contributed by atoms with E-state index in [0.717, 1.165) is 17.7 Å². The number of nitrogens with two attached hydrogens (primary N) is 1. The van der Waals surface area contributed by atoms with Gasteiger partial charge in [-0.05, 0) is 23.6 Å². The van der Waals surface area contributed by atoms with Crippen LogP contribution in [0.5, 0.6) is 0 Å². The summed E-state index contributed by atoms with van der Waals surface area (Å²) in [5.41, 5.74) is 5.07. The van der Waals surface area contributed by atoms with Crippen LogP contribution in [0.25, 0.3) is 0 Å². The second-order valence-electron chi connectivity index (χ2n) is 3.92. The van der Waals surface area contributed by atoms with Crippen LogP contribution in [0.4, 0.5) is 10.5 Å². The van der Waals surface area contributed by atoms with Gasteiger partial charge in [0, 0.05) is 5.69 Å². The summed E-state index contributed by atoms with van der Waals surface area (Å²) in [5.74, 6) is 5.06. The molecular weight excluding hydrogens is 226 g/mol. The van der Waals surface area contributed by atoms with Crippen LogP contribution in [0, 0.1) is 0 Å². The summed E-state index contributed by atoms with van der Waals surface area (Å²) in [6.07, 6.45) is 0.766. The summed E-state index contributed by atoms with van der Waals surface area (Å²) in [7, 11) is 0. The van der Waals surface area contributed by atoms with E-state index in [1.807, 2.05) is 42.5 Å². The fourth-order valence-corrected chi connectivity index (χ4v) is 1.77. The highest BCUT2D eigenvalue weighted by Crippen LogP contribution is 2.18. The maximum absolute atomic E-state index is 11.2. The summed E-state index contributed by atoms with van der Waals surface area (Å²) in [6, 6.07) is 17.3. The molecule has 4 N–H and O–H groups in total. The van der Waals surface area contributed by atoms with Crippen LogP contribution in [0.1, 0.15) is 11.1 Å². The summed E-state index contributed by atoms with van der Waals surface area (Å²) in [6.45, 7) is 0. The second kappa shape index (κ2) is 5.84. The molecule has 0 aliphatic carbocycles. The van der Waals surface area contributed by atoms with E-state index in [1.54, 1.807) is 0 Å². The van der Waals surface area contributed by atoms with Gasteiger partial charge in [0.2, 0.25) is 0 Å². The fourth-order valence-electron chi connectivity index (χ4n) is 1.77. The van der Waals surface area contributed by atoms with E-state index >= 15 is 0 Å². The molecule has 0 saturated heterocycles. The van der Waals surface area contributed by atoms with Gasteiger partial charge in [0.15, 0.2) is 0 Å². The Morgan fingerprint density at radius 3 is 2.39 bits per heavy atom. The molecule has 92 valence electrons. The molecule has 0 fully saturated rings. The molecule has 18 heavy (non-hydrogen) atoms. The number of hydrogen-bond acceptors (Lipinski definition) is 2. The molecule has 0 aliphatic rings. The molecule has 2 aromatic carbocycles. The SMILES string of the molecule is NNC(=O)Nc1ccccc1Cc1ccccc1. The van der Waals surface area contributed by atoms with E-state index in [0.29, 0.717) is 0 Å². The van der Waals surface area contributed by atoms with Crippen LogP contribution in [-0.2, 0) is 6.42 Å². The van der Waals surface area contributed by atoms with Gasteiger partial charge in [0.05, 0.1) is 0 Å². The molecule has 0 radical (unpaired) electrons. The molecule has 4 heteroatoms. The maximum Gasteiger partial charge on any atom is 0.333 e. The number of amides is 2. The van der Waals surface area contributed by atoms with Crippen molar-refractivity contribution >= 4 is 11.7 Å². The van der Waals surface area contributed by atoms with Gasteiger partial charge in [-0.2, -0.15) is 0 Å². The molecule has 0 spiro atoms. The third kappa shape index (κ3) is 3.09. The van der Waals surface area contributed by atoms with Crippen molar-refractivity contribution in [1.82, 2.24) is 5.43 Å². The zero-order valence-corrected chi connectivity index (χ0v) is 9.89. The lowest BCUT2D eigenvalue weighted by atomic mass is 10.0. The summed E-state index contributed by atoms with van der Waals surface area (Å²) in [5, 5.41) is 2.71. The fraction of sp³-hybridized carbons (Fsp3) is 0.0714. The van der Waals surface area contributed by atoms with Crippen molar-refractivity contribution in [2.24, 2.45) is 5.84 Å². The van der Waals surface area contributed by atoms with E-state index in [-0.39, 0.29) is 0 Å². The van der Waals surface area contributed by atoms with Gasteiger partial charge in [-0.25, -0.2) is 10.6 Å². The van der Waals surface area contributed by atoms with Gasteiger partial charge in [-0.15, -0.1) is 0 Å². The van der Waals surface area contributed by atoms with Crippen LogP contribution in [-0.4, -0.2) is 6.03 Å². The molecule has 0 unspecified atom stereocenters. The van der Waals surface area contributed by atoms with Crippen molar-refractivity contribution in [1.29, 1.82) is 0 Å². The summed E-state index contributed by atoms with van der Waals surface area (Å²) < 4.78 is 0. The minimum absolute atomic E-state index is 0.421. The Labute approximate surface area is 106 Å². The number of rotatable bonds is 3. The number of anilines is 1. The van der Waals surface area contributed by atoms with Gasteiger partial charge >= 0.3 is 6.03 Å². The minimum Gasteiger partial charge on any atom is -0.307 e. The van der Waals surface area contributed by atoms with Crippen molar-refractivity contribution in [3.8, 4) is 0 Å². The third-order valence-electron chi connectivity index (χ3n) is 2.63. The van der Waals surface area contributed by atoms with E-state index in [2.05, 4.69) is 22.9 Å². The molecule has 0 atom stereocenters. The van der Waals surface area contributed by atoms with E-state index in [9.17, 15) is 4.79 Å². The number of hydrazine groups is 1. The van der Waals surface area contributed by atoms with Crippen molar-refractivity contribution < 1.29 is 4.79 Å². The topological polar surface area (TPSA) is 67.1 Å². The summed E-state index contributed by atoms with van der Waals surface area (Å²) >= 11 is 0. The predicted molar refractivity (Wildman–Crippen MR) is 72.0 cm³/mol. The Morgan fingerprint density at radius 2 is 1.67 bits per heavy atom. The molecule has 0 saturated carbocycles. The first kappa shape index (κ1) is 12.1. The lowest BCUT2D eigenvalue weighted by Crippen LogP contribution is -2.34. The van der Waals surface area contributed by atoms with Gasteiger partial charge in [0.25, 0.3) is 0 Å². The number of para-hydroxylation sites is 1. The molecular formula is C14H15N3O. The quantitative estimate of drug-likeness (QED) is 0.438. The van der Waals surface area contributed by atoms with Crippen LogP contribution < -0.4 is 16.6 Å². The van der Waals surface area contributed by atoms with E-state index in [4.69, 9.17) is 5.84 Å². The monoisotopic (exact) mass is 241 g/mol. The van der Waals surface area contributed by atoms with Crippen LogP contribution in [0.15, 0.2) is 54.6 Å². The van der Waals surface area contributed by atoms with Gasteiger partial charge in [-0.3, -0.25) is 5.43 Å². The number of carbonyl (C=O) groups excluding carboxylic acids is 1. The number of carbonyl (C=O) groups is 1. The molecule has 2 rings (SSSR count). The molecule has 4 nitrogen and oxygen atoms in total. The van der Waals surface area contributed by atoms with E-state index < -0.39 is 6.03 Å². The Bertz CT molecular complexity index is 526. The Hall–Kier alpha value is -2.33. The van der Waals surface area contributed by atoms with Crippen molar-refractivity contribution in [2.75, 3.05) is 5.32 Å². The third-order valence-corrected chi connectivity index (χ3v) is 2.63. The highest BCUT2D eigenvalue weighted by Gasteiger charge is 2.05. The first-order chi connectivity index (χ1) is 8.79. The Morgan fingerprint density at radius 1 is 1.00 bits per heavy atom. The lowest BCUT2D eigenvalue weighted by molar-refractivity contribution is 0.252. The average molecular weight is 241 g/mol. The molecule has 0 aromatic heterocycles. The highest BCUT2D eigenvalue weighted by molar-refractivity contribution is 5.89. The van der Waals surface area contributed by atoms with Crippen LogP contribution in [0.3, 0.4) is 0 Å². The second-order valence-corrected chi connectivity index (χ2v) is 3.92. The smallest absolute Gasteiger partial charge is 0.307 e. The van der Waals surface area contributed by atoms with Crippen molar-refractivity contribution in [3.63, 3.8) is 0 Å². The minimum atomic E-state index is -0.421. The molecule has 0 heterocycles. The number of urea groups is 1. The predicted octanol–water partition coefficient (Wildman–Crippen LogP) is 2.27. The standard InChI is InChI=1S/C14H15N3O/c15-17-14(18)16-13-9-5-4-8-12(13)10-11-6-2-1-3-7-11/h1-9H,10,15H2,(H2,16,17,18). The first-order valence-electron chi connectivity index (χ1n) is 5.69.